The van der Waals surface area contributed by atoms with E-state index in [1.807, 2.05) is 6.07 Å². The molecule has 0 bridgehead atoms. The molecule has 2 aromatic rings. The number of benzene rings is 1. The lowest BCUT2D eigenvalue weighted by atomic mass is 10.0. The molecule has 2 rings (SSSR count). The second-order valence-electron chi connectivity index (χ2n) is 5.13. The Morgan fingerprint density at radius 1 is 1.32 bits per heavy atom. The minimum Gasteiger partial charge on any atom is -0.458 e. The number of rotatable bonds is 5. The molecule has 0 saturated heterocycles. The summed E-state index contributed by atoms with van der Waals surface area (Å²) in [5.41, 5.74) is 0.557. The van der Waals surface area contributed by atoms with Crippen molar-refractivity contribution in [3.63, 3.8) is 0 Å². The predicted octanol–water partition coefficient (Wildman–Crippen LogP) is 4.92. The smallest absolute Gasteiger partial charge is 0.153 e. The van der Waals surface area contributed by atoms with Crippen LogP contribution in [-0.2, 0) is 0 Å². The molecule has 1 aromatic carbocycles. The molecule has 0 amide bonds. The third kappa shape index (κ3) is 3.10. The molecular formula is C15H19ClFNO. The highest BCUT2D eigenvalue weighted by molar-refractivity contribution is 6.34. The van der Waals surface area contributed by atoms with Gasteiger partial charge in [0.25, 0.3) is 0 Å². The van der Waals surface area contributed by atoms with Gasteiger partial charge in [0.1, 0.15) is 11.6 Å². The molecule has 2 nitrogen and oxygen atoms in total. The van der Waals surface area contributed by atoms with Crippen molar-refractivity contribution in [3.8, 4) is 0 Å². The molecule has 0 aliphatic heterocycles. The zero-order chi connectivity index (χ0) is 14.0. The van der Waals surface area contributed by atoms with Gasteiger partial charge in [0.15, 0.2) is 5.58 Å². The van der Waals surface area contributed by atoms with Crippen LogP contribution in [0.25, 0.3) is 11.0 Å². The van der Waals surface area contributed by atoms with Crippen molar-refractivity contribution in [2.24, 2.45) is 5.92 Å². The average Bonchev–Trinajstić information content (AvgIpc) is 2.73. The van der Waals surface area contributed by atoms with Gasteiger partial charge in [-0.3, -0.25) is 0 Å². The number of nitrogens with one attached hydrogen (secondary N) is 1. The summed E-state index contributed by atoms with van der Waals surface area (Å²) in [4.78, 5) is 0. The van der Waals surface area contributed by atoms with Crippen LogP contribution in [0.15, 0.2) is 22.6 Å². The molecule has 0 aliphatic carbocycles. The first-order valence-electron chi connectivity index (χ1n) is 6.64. The number of fused-ring (bicyclic) bond motifs is 1. The van der Waals surface area contributed by atoms with Gasteiger partial charge in [-0.1, -0.05) is 32.4 Å². The highest BCUT2D eigenvalue weighted by Crippen LogP contribution is 2.32. The molecule has 1 atom stereocenters. The number of furan rings is 1. The third-order valence-corrected chi connectivity index (χ3v) is 3.42. The molecule has 0 spiro atoms. The topological polar surface area (TPSA) is 25.2 Å². The normalized spacial score (nSPS) is 13.4. The van der Waals surface area contributed by atoms with E-state index in [0.717, 1.165) is 18.7 Å². The molecule has 0 saturated carbocycles. The fourth-order valence-electron chi connectivity index (χ4n) is 2.21. The maximum atomic E-state index is 13.3. The van der Waals surface area contributed by atoms with E-state index < -0.39 is 0 Å². The summed E-state index contributed by atoms with van der Waals surface area (Å²) in [6.45, 7) is 7.29. The van der Waals surface area contributed by atoms with Crippen molar-refractivity contribution in [1.82, 2.24) is 5.32 Å². The first-order valence-corrected chi connectivity index (χ1v) is 7.02. The summed E-state index contributed by atoms with van der Waals surface area (Å²) in [6, 6.07) is 4.72. The lowest BCUT2D eigenvalue weighted by Gasteiger charge is -2.19. The van der Waals surface area contributed by atoms with Crippen molar-refractivity contribution in [3.05, 3.63) is 34.8 Å². The number of hydrogen-bond donors (Lipinski definition) is 1. The highest BCUT2D eigenvalue weighted by atomic mass is 35.5. The van der Waals surface area contributed by atoms with Crippen LogP contribution in [0.4, 0.5) is 4.39 Å². The van der Waals surface area contributed by atoms with Gasteiger partial charge in [-0.2, -0.15) is 0 Å². The SMILES string of the molecule is CCCNC(c1cc2cc(F)cc(Cl)c2o1)C(C)C. The standard InChI is InChI=1S/C15H19ClFNO/c1-4-5-18-14(9(2)3)13-7-10-6-11(17)8-12(16)15(10)19-13/h6-9,14,18H,4-5H2,1-3H3. The summed E-state index contributed by atoms with van der Waals surface area (Å²) in [5.74, 6) is 0.856. The second kappa shape index (κ2) is 5.93. The fourth-order valence-corrected chi connectivity index (χ4v) is 2.47. The second-order valence-corrected chi connectivity index (χ2v) is 5.54. The lowest BCUT2D eigenvalue weighted by Crippen LogP contribution is -2.25. The van der Waals surface area contributed by atoms with Crippen molar-refractivity contribution in [1.29, 1.82) is 0 Å². The van der Waals surface area contributed by atoms with E-state index in [1.165, 1.54) is 12.1 Å². The van der Waals surface area contributed by atoms with Crippen LogP contribution >= 0.6 is 11.6 Å². The Labute approximate surface area is 117 Å². The van der Waals surface area contributed by atoms with Crippen LogP contribution in [0.5, 0.6) is 0 Å². The largest absolute Gasteiger partial charge is 0.458 e. The van der Waals surface area contributed by atoms with Gasteiger partial charge < -0.3 is 9.73 Å². The zero-order valence-electron chi connectivity index (χ0n) is 11.5. The van der Waals surface area contributed by atoms with Crippen molar-refractivity contribution in [2.45, 2.75) is 33.2 Å². The molecule has 0 fully saturated rings. The molecular weight excluding hydrogens is 265 g/mol. The fraction of sp³-hybridized carbons (Fsp3) is 0.467. The lowest BCUT2D eigenvalue weighted by molar-refractivity contribution is 0.351. The van der Waals surface area contributed by atoms with Gasteiger partial charge in [0.2, 0.25) is 0 Å². The van der Waals surface area contributed by atoms with E-state index in [-0.39, 0.29) is 11.9 Å². The van der Waals surface area contributed by atoms with Crippen molar-refractivity contribution < 1.29 is 8.81 Å². The molecule has 19 heavy (non-hydrogen) atoms. The number of hydrogen-bond acceptors (Lipinski definition) is 2. The molecule has 104 valence electrons. The van der Waals surface area contributed by atoms with E-state index >= 15 is 0 Å². The predicted molar refractivity (Wildman–Crippen MR) is 77.1 cm³/mol. The highest BCUT2D eigenvalue weighted by Gasteiger charge is 2.20. The Morgan fingerprint density at radius 2 is 2.05 bits per heavy atom. The van der Waals surface area contributed by atoms with E-state index in [2.05, 4.69) is 26.1 Å². The van der Waals surface area contributed by atoms with E-state index in [0.29, 0.717) is 21.9 Å². The summed E-state index contributed by atoms with van der Waals surface area (Å²) >= 11 is 6.01. The molecule has 1 unspecified atom stereocenters. The van der Waals surface area contributed by atoms with Gasteiger partial charge in [-0.05, 0) is 37.1 Å². The minimum absolute atomic E-state index is 0.117. The summed E-state index contributed by atoms with van der Waals surface area (Å²) in [6.07, 6.45) is 1.05. The molecule has 1 aromatic heterocycles. The van der Waals surface area contributed by atoms with Gasteiger partial charge in [0.05, 0.1) is 11.1 Å². The summed E-state index contributed by atoms with van der Waals surface area (Å²) < 4.78 is 19.1. The third-order valence-electron chi connectivity index (χ3n) is 3.14. The Kier molecular flexibility index (Phi) is 4.48. The Balaban J connectivity index is 2.40. The van der Waals surface area contributed by atoms with E-state index in [4.69, 9.17) is 16.0 Å². The molecule has 0 radical (unpaired) electrons. The minimum atomic E-state index is -0.340. The first-order chi connectivity index (χ1) is 9.02. The molecule has 0 aliphatic rings. The molecule has 1 N–H and O–H groups in total. The average molecular weight is 284 g/mol. The Hall–Kier alpha value is -1.06. The number of halogens is 2. The van der Waals surface area contributed by atoms with Gasteiger partial charge >= 0.3 is 0 Å². The van der Waals surface area contributed by atoms with E-state index in [1.54, 1.807) is 0 Å². The van der Waals surface area contributed by atoms with Crippen LogP contribution in [0.1, 0.15) is 39.0 Å². The first kappa shape index (κ1) is 14.4. The van der Waals surface area contributed by atoms with Crippen molar-refractivity contribution >= 4 is 22.6 Å². The van der Waals surface area contributed by atoms with Crippen LogP contribution < -0.4 is 5.32 Å². The van der Waals surface area contributed by atoms with E-state index in [9.17, 15) is 4.39 Å². The van der Waals surface area contributed by atoms with Crippen molar-refractivity contribution in [2.75, 3.05) is 6.54 Å². The van der Waals surface area contributed by atoms with Gasteiger partial charge in [0, 0.05) is 5.39 Å². The molecule has 1 heterocycles. The molecule has 4 heteroatoms. The monoisotopic (exact) mass is 283 g/mol. The van der Waals surface area contributed by atoms with Crippen LogP contribution in [-0.4, -0.2) is 6.54 Å². The quantitative estimate of drug-likeness (QED) is 0.842. The Morgan fingerprint density at radius 3 is 2.68 bits per heavy atom. The summed E-state index contributed by atoms with van der Waals surface area (Å²) in [5, 5.41) is 4.48. The summed E-state index contributed by atoms with van der Waals surface area (Å²) in [7, 11) is 0. The zero-order valence-corrected chi connectivity index (χ0v) is 12.2. The van der Waals surface area contributed by atoms with Gasteiger partial charge in [-0.15, -0.1) is 0 Å². The van der Waals surface area contributed by atoms with Gasteiger partial charge in [-0.25, -0.2) is 4.39 Å². The van der Waals surface area contributed by atoms with Crippen LogP contribution in [0.2, 0.25) is 5.02 Å². The maximum Gasteiger partial charge on any atom is 0.153 e. The van der Waals surface area contributed by atoms with Crippen LogP contribution in [0.3, 0.4) is 0 Å². The maximum absolute atomic E-state index is 13.3. The van der Waals surface area contributed by atoms with Crippen LogP contribution in [0, 0.1) is 11.7 Å². The Bertz CT molecular complexity index is 565.